The average molecular weight is 393 g/mol. The summed E-state index contributed by atoms with van der Waals surface area (Å²) in [6.07, 6.45) is 1.72. The first-order valence-electron chi connectivity index (χ1n) is 7.41. The molecule has 0 saturated heterocycles. The molecule has 2 aromatic rings. The summed E-state index contributed by atoms with van der Waals surface area (Å²) < 4.78 is 0.992. The third kappa shape index (κ3) is 2.93. The summed E-state index contributed by atoms with van der Waals surface area (Å²) in [6, 6.07) is 6.24. The Labute approximate surface area is 147 Å². The van der Waals surface area contributed by atoms with Crippen molar-refractivity contribution >= 4 is 44.1 Å². The fraction of sp³-hybridized carbons (Fsp3) is 0.294. The van der Waals surface area contributed by atoms with Gasteiger partial charge in [-0.3, -0.25) is 9.59 Å². The van der Waals surface area contributed by atoms with Crippen molar-refractivity contribution in [1.82, 2.24) is 0 Å². The largest absolute Gasteiger partial charge is 0.365 e. The number of hydrogen-bond acceptors (Lipinski definition) is 3. The van der Waals surface area contributed by atoms with Crippen LogP contribution in [0, 0.1) is 0 Å². The van der Waals surface area contributed by atoms with Crippen molar-refractivity contribution < 1.29 is 9.59 Å². The highest BCUT2D eigenvalue weighted by molar-refractivity contribution is 9.10. The Morgan fingerprint density at radius 1 is 1.39 bits per heavy atom. The molecule has 1 atom stereocenters. The zero-order valence-electron chi connectivity index (χ0n) is 12.9. The molecule has 0 saturated carbocycles. The Balaban J connectivity index is 2.28. The molecule has 3 N–H and O–H groups in total. The van der Waals surface area contributed by atoms with E-state index in [1.165, 1.54) is 23.8 Å². The predicted molar refractivity (Wildman–Crippen MR) is 97.0 cm³/mol. The van der Waals surface area contributed by atoms with Crippen LogP contribution in [0.4, 0.5) is 5.00 Å². The number of carbonyl (C=O) groups is 2. The SMILES string of the molecule is CC(=O)Nc1sc2c(c1C(N)=O)CCC(C)c1ccc(Br)cc1-2. The van der Waals surface area contributed by atoms with Crippen molar-refractivity contribution in [2.75, 3.05) is 5.32 Å². The average Bonchev–Trinajstić information content (AvgIpc) is 2.76. The monoisotopic (exact) mass is 392 g/mol. The van der Waals surface area contributed by atoms with Gasteiger partial charge in [0.1, 0.15) is 5.00 Å². The number of carbonyl (C=O) groups excluding carboxylic acids is 2. The summed E-state index contributed by atoms with van der Waals surface area (Å²) >= 11 is 4.96. The molecule has 1 aliphatic rings. The highest BCUT2D eigenvalue weighted by Crippen LogP contribution is 2.47. The number of fused-ring (bicyclic) bond motifs is 3. The van der Waals surface area contributed by atoms with Crippen molar-refractivity contribution in [2.45, 2.75) is 32.6 Å². The maximum Gasteiger partial charge on any atom is 0.252 e. The Morgan fingerprint density at radius 2 is 2.13 bits per heavy atom. The Morgan fingerprint density at radius 3 is 2.78 bits per heavy atom. The van der Waals surface area contributed by atoms with Crippen LogP contribution in [0.2, 0.25) is 0 Å². The Hall–Kier alpha value is -1.66. The van der Waals surface area contributed by atoms with Crippen LogP contribution in [0.25, 0.3) is 10.4 Å². The quantitative estimate of drug-likeness (QED) is 0.799. The predicted octanol–water partition coefficient (Wildman–Crippen LogP) is 4.28. The van der Waals surface area contributed by atoms with Gasteiger partial charge in [-0.25, -0.2) is 0 Å². The van der Waals surface area contributed by atoms with E-state index in [1.54, 1.807) is 0 Å². The molecule has 120 valence electrons. The number of halogens is 1. The van der Waals surface area contributed by atoms with Gasteiger partial charge in [-0.05, 0) is 47.6 Å². The van der Waals surface area contributed by atoms with Gasteiger partial charge in [-0.1, -0.05) is 28.9 Å². The molecule has 0 radical (unpaired) electrons. The second kappa shape index (κ2) is 6.09. The molecule has 23 heavy (non-hydrogen) atoms. The Bertz CT molecular complexity index is 813. The number of primary amides is 1. The summed E-state index contributed by atoms with van der Waals surface area (Å²) in [5.74, 6) is -0.285. The van der Waals surface area contributed by atoms with Gasteiger partial charge < -0.3 is 11.1 Å². The van der Waals surface area contributed by atoms with Crippen LogP contribution in [0.5, 0.6) is 0 Å². The lowest BCUT2D eigenvalue weighted by molar-refractivity contribution is -0.114. The minimum atomic E-state index is -0.489. The van der Waals surface area contributed by atoms with Crippen LogP contribution in [0.1, 0.15) is 47.7 Å². The number of hydrogen-bond donors (Lipinski definition) is 2. The third-order valence-corrected chi connectivity index (χ3v) is 5.84. The zero-order valence-corrected chi connectivity index (χ0v) is 15.3. The lowest BCUT2D eigenvalue weighted by Crippen LogP contribution is -2.16. The van der Waals surface area contributed by atoms with Crippen molar-refractivity contribution in [2.24, 2.45) is 5.73 Å². The first-order valence-corrected chi connectivity index (χ1v) is 9.02. The van der Waals surface area contributed by atoms with E-state index < -0.39 is 5.91 Å². The zero-order chi connectivity index (χ0) is 16.7. The van der Waals surface area contributed by atoms with Crippen LogP contribution in [-0.2, 0) is 11.2 Å². The molecule has 1 unspecified atom stereocenters. The van der Waals surface area contributed by atoms with E-state index in [-0.39, 0.29) is 5.91 Å². The van der Waals surface area contributed by atoms with Crippen LogP contribution >= 0.6 is 27.3 Å². The molecule has 0 aliphatic heterocycles. The molecule has 6 heteroatoms. The molecule has 0 fully saturated rings. The van der Waals surface area contributed by atoms with E-state index in [0.717, 1.165) is 33.3 Å². The van der Waals surface area contributed by atoms with Gasteiger partial charge in [0.05, 0.1) is 5.56 Å². The maximum atomic E-state index is 12.0. The highest BCUT2D eigenvalue weighted by Gasteiger charge is 2.28. The van der Waals surface area contributed by atoms with Gasteiger partial charge in [-0.15, -0.1) is 11.3 Å². The van der Waals surface area contributed by atoms with E-state index in [0.29, 0.717) is 16.5 Å². The van der Waals surface area contributed by atoms with Crippen LogP contribution in [0.3, 0.4) is 0 Å². The molecular weight excluding hydrogens is 376 g/mol. The van der Waals surface area contributed by atoms with Crippen molar-refractivity contribution in [3.63, 3.8) is 0 Å². The molecule has 0 bridgehead atoms. The molecule has 1 heterocycles. The topological polar surface area (TPSA) is 72.2 Å². The smallest absolute Gasteiger partial charge is 0.252 e. The second-order valence-corrected chi connectivity index (χ2v) is 7.77. The van der Waals surface area contributed by atoms with Crippen molar-refractivity contribution in [3.05, 3.63) is 39.4 Å². The fourth-order valence-corrected chi connectivity index (χ4v) is 4.80. The minimum Gasteiger partial charge on any atom is -0.365 e. The number of nitrogens with two attached hydrogens (primary N) is 1. The first kappa shape index (κ1) is 16.2. The third-order valence-electron chi connectivity index (χ3n) is 4.16. The van der Waals surface area contributed by atoms with Gasteiger partial charge in [0.2, 0.25) is 5.91 Å². The number of amides is 2. The summed E-state index contributed by atoms with van der Waals surface area (Å²) in [7, 11) is 0. The molecule has 4 nitrogen and oxygen atoms in total. The van der Waals surface area contributed by atoms with Crippen LogP contribution in [-0.4, -0.2) is 11.8 Å². The van der Waals surface area contributed by atoms with Gasteiger partial charge in [0.25, 0.3) is 5.91 Å². The van der Waals surface area contributed by atoms with Gasteiger partial charge in [-0.2, -0.15) is 0 Å². The summed E-state index contributed by atoms with van der Waals surface area (Å²) in [6.45, 7) is 3.63. The second-order valence-electron chi connectivity index (χ2n) is 5.83. The van der Waals surface area contributed by atoms with Crippen LogP contribution < -0.4 is 11.1 Å². The van der Waals surface area contributed by atoms with E-state index in [2.05, 4.69) is 40.3 Å². The lowest BCUT2D eigenvalue weighted by atomic mass is 9.94. The van der Waals surface area contributed by atoms with Gasteiger partial charge in [0.15, 0.2) is 0 Å². The fourth-order valence-electron chi connectivity index (χ4n) is 3.10. The van der Waals surface area contributed by atoms with Gasteiger partial charge in [0, 0.05) is 16.3 Å². The standard InChI is InChI=1S/C17H17BrN2O2S/c1-8-3-5-12-14(16(19)22)17(20-9(2)21)23-15(12)13-7-10(18)4-6-11(8)13/h4,6-8H,3,5H2,1-2H3,(H2,19,22)(H,20,21). The van der Waals surface area contributed by atoms with E-state index in [4.69, 9.17) is 5.73 Å². The number of benzene rings is 1. The number of thiophene rings is 1. The molecule has 1 aliphatic carbocycles. The number of anilines is 1. The van der Waals surface area contributed by atoms with Crippen molar-refractivity contribution in [3.8, 4) is 10.4 Å². The molecule has 3 rings (SSSR count). The molecule has 2 amide bonds. The van der Waals surface area contributed by atoms with E-state index in [9.17, 15) is 9.59 Å². The van der Waals surface area contributed by atoms with Crippen LogP contribution in [0.15, 0.2) is 22.7 Å². The molecular formula is C17H17BrN2O2S. The molecule has 1 aromatic heterocycles. The first-order chi connectivity index (χ1) is 10.9. The van der Waals surface area contributed by atoms with E-state index >= 15 is 0 Å². The van der Waals surface area contributed by atoms with E-state index in [1.807, 2.05) is 6.07 Å². The molecule has 0 spiro atoms. The van der Waals surface area contributed by atoms with Crippen molar-refractivity contribution in [1.29, 1.82) is 0 Å². The lowest BCUT2D eigenvalue weighted by Gasteiger charge is -2.12. The number of rotatable bonds is 2. The minimum absolute atomic E-state index is 0.202. The summed E-state index contributed by atoms with van der Waals surface area (Å²) in [5.41, 5.74) is 9.39. The number of nitrogens with one attached hydrogen (secondary N) is 1. The summed E-state index contributed by atoms with van der Waals surface area (Å²) in [4.78, 5) is 24.5. The summed E-state index contributed by atoms with van der Waals surface area (Å²) in [5, 5.41) is 3.31. The Kier molecular flexibility index (Phi) is 4.29. The van der Waals surface area contributed by atoms with Gasteiger partial charge >= 0.3 is 0 Å². The maximum absolute atomic E-state index is 12.0. The highest BCUT2D eigenvalue weighted by atomic mass is 79.9. The normalized spacial score (nSPS) is 16.2. The molecule has 1 aromatic carbocycles.